The topological polar surface area (TPSA) is 96.9 Å². The van der Waals surface area contributed by atoms with Gasteiger partial charge in [-0.15, -0.1) is 0 Å². The first-order chi connectivity index (χ1) is 14.6. The molecule has 0 atom stereocenters. The molecule has 2 N–H and O–H groups in total. The van der Waals surface area contributed by atoms with Crippen LogP contribution in [0.2, 0.25) is 0 Å². The van der Waals surface area contributed by atoms with Gasteiger partial charge in [0.1, 0.15) is 6.54 Å². The van der Waals surface area contributed by atoms with E-state index in [4.69, 9.17) is 0 Å². The van der Waals surface area contributed by atoms with E-state index in [9.17, 15) is 14.4 Å². The molecule has 0 bridgehead atoms. The van der Waals surface area contributed by atoms with Crippen LogP contribution in [0.25, 0.3) is 22.9 Å². The Morgan fingerprint density at radius 3 is 2.57 bits per heavy atom. The van der Waals surface area contributed by atoms with Crippen molar-refractivity contribution in [3.05, 3.63) is 105 Å². The predicted octanol–water partition coefficient (Wildman–Crippen LogP) is 2.89. The lowest BCUT2D eigenvalue weighted by Crippen LogP contribution is -2.34. The van der Waals surface area contributed by atoms with Crippen LogP contribution in [0, 0.1) is 0 Å². The number of anilines is 1. The third kappa shape index (κ3) is 4.25. The summed E-state index contributed by atoms with van der Waals surface area (Å²) in [4.78, 5) is 41.4. The van der Waals surface area contributed by atoms with Crippen molar-refractivity contribution >= 4 is 34.5 Å². The predicted molar refractivity (Wildman–Crippen MR) is 117 cm³/mol. The van der Waals surface area contributed by atoms with E-state index in [1.54, 1.807) is 36.5 Å². The number of aromatic amines is 1. The molecule has 2 aromatic heterocycles. The molecule has 30 heavy (non-hydrogen) atoms. The van der Waals surface area contributed by atoms with Gasteiger partial charge in [0.15, 0.2) is 0 Å². The van der Waals surface area contributed by atoms with Crippen molar-refractivity contribution in [3.63, 3.8) is 0 Å². The first kappa shape index (κ1) is 19.1. The van der Waals surface area contributed by atoms with Crippen molar-refractivity contribution in [1.82, 2.24) is 14.8 Å². The number of aromatic nitrogens is 3. The fourth-order valence-corrected chi connectivity index (χ4v) is 3.08. The molecule has 7 heteroatoms. The second-order valence-corrected chi connectivity index (χ2v) is 6.64. The van der Waals surface area contributed by atoms with Crippen molar-refractivity contribution in [2.45, 2.75) is 6.54 Å². The van der Waals surface area contributed by atoms with Crippen molar-refractivity contribution in [2.24, 2.45) is 0 Å². The highest BCUT2D eigenvalue weighted by Gasteiger charge is 2.10. The normalized spacial score (nSPS) is 11.1. The Morgan fingerprint density at radius 1 is 0.967 bits per heavy atom. The molecule has 0 saturated carbocycles. The smallest absolute Gasteiger partial charge is 0.273 e. The standard InChI is InChI=1S/C23H18N4O3/c28-21(15-27-23(30)20-10-2-1-9-19(20)22(29)26-27)25-18-8-5-6-16(14-18)11-12-17-7-3-4-13-24-17/h1-14H,15H2,(H,25,28)(H,26,29)/b12-11+. The van der Waals surface area contributed by atoms with Crippen LogP contribution in [0.1, 0.15) is 11.3 Å². The van der Waals surface area contributed by atoms with E-state index in [2.05, 4.69) is 15.4 Å². The number of fused-ring (bicyclic) bond motifs is 1. The fourth-order valence-electron chi connectivity index (χ4n) is 3.08. The van der Waals surface area contributed by atoms with Gasteiger partial charge in [-0.25, -0.2) is 4.68 Å². The summed E-state index contributed by atoms with van der Waals surface area (Å²) in [5.74, 6) is -0.422. The molecule has 2 heterocycles. The Morgan fingerprint density at radius 2 is 1.77 bits per heavy atom. The largest absolute Gasteiger partial charge is 0.324 e. The summed E-state index contributed by atoms with van der Waals surface area (Å²) in [6.07, 6.45) is 5.49. The minimum Gasteiger partial charge on any atom is -0.324 e. The number of nitrogens with zero attached hydrogens (tertiary/aromatic N) is 2. The number of benzene rings is 2. The van der Waals surface area contributed by atoms with Crippen molar-refractivity contribution in [3.8, 4) is 0 Å². The molecular weight excluding hydrogens is 380 g/mol. The molecule has 0 aliphatic heterocycles. The van der Waals surface area contributed by atoms with Gasteiger partial charge >= 0.3 is 0 Å². The number of carbonyl (C=O) groups is 1. The molecular formula is C23H18N4O3. The molecule has 0 saturated heterocycles. The zero-order valence-electron chi connectivity index (χ0n) is 15.9. The summed E-state index contributed by atoms with van der Waals surface area (Å²) >= 11 is 0. The van der Waals surface area contributed by atoms with Crippen LogP contribution < -0.4 is 16.4 Å². The SMILES string of the molecule is O=C(Cn1[nH]c(=O)c2ccccc2c1=O)Nc1cccc(/C=C/c2ccccn2)c1. The van der Waals surface area contributed by atoms with E-state index in [1.807, 2.05) is 48.6 Å². The quantitative estimate of drug-likeness (QED) is 0.540. The maximum absolute atomic E-state index is 12.5. The number of hydrogen-bond acceptors (Lipinski definition) is 4. The molecule has 148 valence electrons. The molecule has 0 aliphatic rings. The van der Waals surface area contributed by atoms with Gasteiger partial charge in [-0.05, 0) is 48.0 Å². The Kier molecular flexibility index (Phi) is 5.34. The van der Waals surface area contributed by atoms with Gasteiger partial charge in [0.2, 0.25) is 5.91 Å². The lowest BCUT2D eigenvalue weighted by molar-refractivity contribution is -0.117. The van der Waals surface area contributed by atoms with Crippen LogP contribution >= 0.6 is 0 Å². The van der Waals surface area contributed by atoms with Gasteiger partial charge < -0.3 is 5.32 Å². The summed E-state index contributed by atoms with van der Waals surface area (Å²) < 4.78 is 1.02. The lowest BCUT2D eigenvalue weighted by Gasteiger charge is -2.09. The number of carbonyl (C=O) groups excluding carboxylic acids is 1. The lowest BCUT2D eigenvalue weighted by atomic mass is 10.1. The van der Waals surface area contributed by atoms with Crippen LogP contribution in [-0.2, 0) is 11.3 Å². The van der Waals surface area contributed by atoms with Crippen LogP contribution in [0.5, 0.6) is 0 Å². The molecule has 0 radical (unpaired) electrons. The number of H-pyrrole nitrogens is 1. The first-order valence-corrected chi connectivity index (χ1v) is 9.31. The van der Waals surface area contributed by atoms with Crippen molar-refractivity contribution in [1.29, 1.82) is 0 Å². The highest BCUT2D eigenvalue weighted by molar-refractivity contribution is 5.91. The second-order valence-electron chi connectivity index (χ2n) is 6.64. The Bertz CT molecular complexity index is 1350. The molecule has 4 rings (SSSR count). The number of pyridine rings is 1. The van der Waals surface area contributed by atoms with Crippen LogP contribution in [0.4, 0.5) is 5.69 Å². The monoisotopic (exact) mass is 398 g/mol. The molecule has 0 spiro atoms. The van der Waals surface area contributed by atoms with E-state index in [1.165, 1.54) is 0 Å². The highest BCUT2D eigenvalue weighted by atomic mass is 16.2. The van der Waals surface area contributed by atoms with Crippen molar-refractivity contribution < 1.29 is 4.79 Å². The highest BCUT2D eigenvalue weighted by Crippen LogP contribution is 2.13. The van der Waals surface area contributed by atoms with Crippen molar-refractivity contribution in [2.75, 3.05) is 5.32 Å². The molecule has 2 aromatic carbocycles. The minimum atomic E-state index is -0.424. The third-order valence-electron chi connectivity index (χ3n) is 4.49. The summed E-state index contributed by atoms with van der Waals surface area (Å²) in [5.41, 5.74) is 1.45. The average Bonchev–Trinajstić information content (AvgIpc) is 2.77. The Balaban J connectivity index is 1.50. The van der Waals surface area contributed by atoms with E-state index in [0.717, 1.165) is 15.9 Å². The number of rotatable bonds is 5. The summed E-state index contributed by atoms with van der Waals surface area (Å²) in [6, 6.07) is 19.4. The summed E-state index contributed by atoms with van der Waals surface area (Å²) in [5, 5.41) is 5.78. The first-order valence-electron chi connectivity index (χ1n) is 9.31. The minimum absolute atomic E-state index is 0.274. The zero-order chi connectivity index (χ0) is 20.9. The van der Waals surface area contributed by atoms with Crippen LogP contribution in [0.15, 0.2) is 82.5 Å². The Hall–Kier alpha value is -4.26. The van der Waals surface area contributed by atoms with Gasteiger partial charge in [0.25, 0.3) is 11.1 Å². The van der Waals surface area contributed by atoms with E-state index in [0.29, 0.717) is 11.1 Å². The molecule has 1 amide bonds. The molecule has 0 unspecified atom stereocenters. The van der Waals surface area contributed by atoms with Gasteiger partial charge in [0, 0.05) is 11.9 Å². The van der Waals surface area contributed by atoms with Crippen LogP contribution in [-0.4, -0.2) is 20.7 Å². The van der Waals surface area contributed by atoms with Gasteiger partial charge in [0.05, 0.1) is 16.5 Å². The third-order valence-corrected chi connectivity index (χ3v) is 4.49. The van der Waals surface area contributed by atoms with E-state index < -0.39 is 17.0 Å². The second kappa shape index (κ2) is 8.40. The fraction of sp³-hybridized carbons (Fsp3) is 0.0435. The zero-order valence-corrected chi connectivity index (χ0v) is 15.9. The molecule has 4 aromatic rings. The average molecular weight is 398 g/mol. The number of nitrogens with one attached hydrogen (secondary N) is 2. The maximum atomic E-state index is 12.5. The van der Waals surface area contributed by atoms with Gasteiger partial charge in [-0.1, -0.05) is 36.4 Å². The molecule has 0 aliphatic carbocycles. The summed E-state index contributed by atoms with van der Waals surface area (Å²) in [7, 11) is 0. The number of hydrogen-bond donors (Lipinski definition) is 2. The molecule has 0 fully saturated rings. The van der Waals surface area contributed by atoms with Gasteiger partial charge in [-0.2, -0.15) is 0 Å². The Labute approximate surface area is 171 Å². The van der Waals surface area contributed by atoms with E-state index in [-0.39, 0.29) is 11.9 Å². The van der Waals surface area contributed by atoms with Gasteiger partial charge in [-0.3, -0.25) is 24.5 Å². The molecule has 7 nitrogen and oxygen atoms in total. The summed E-state index contributed by atoms with van der Waals surface area (Å²) in [6.45, 7) is -0.299. The number of amides is 1. The maximum Gasteiger partial charge on any atom is 0.273 e. The van der Waals surface area contributed by atoms with E-state index >= 15 is 0 Å². The van der Waals surface area contributed by atoms with Crippen LogP contribution in [0.3, 0.4) is 0 Å².